The van der Waals surface area contributed by atoms with Crippen LogP contribution in [0.2, 0.25) is 0 Å². The van der Waals surface area contributed by atoms with Gasteiger partial charge < -0.3 is 14.8 Å². The van der Waals surface area contributed by atoms with Gasteiger partial charge in [0, 0.05) is 0 Å². The highest BCUT2D eigenvalue weighted by molar-refractivity contribution is 5.91. The highest BCUT2D eigenvalue weighted by Crippen LogP contribution is 2.48. The van der Waals surface area contributed by atoms with E-state index < -0.39 is 17.4 Å². The summed E-state index contributed by atoms with van der Waals surface area (Å²) in [5.74, 6) is -1.25. The zero-order valence-electron chi connectivity index (χ0n) is 12.3. The lowest BCUT2D eigenvalue weighted by Gasteiger charge is -2.20. The van der Waals surface area contributed by atoms with Crippen LogP contribution < -0.4 is 5.32 Å². The second kappa shape index (κ2) is 5.87. The summed E-state index contributed by atoms with van der Waals surface area (Å²) in [6.07, 6.45) is 2.48. The van der Waals surface area contributed by atoms with E-state index in [4.69, 9.17) is 9.52 Å². The Bertz CT molecular complexity index is 705. The molecular weight excluding hydrogens is 301 g/mol. The van der Waals surface area contributed by atoms with Crippen LogP contribution in [0.25, 0.3) is 0 Å². The molecule has 3 rings (SSSR count). The molecule has 23 heavy (non-hydrogen) atoms. The normalized spacial score (nSPS) is 16.6. The monoisotopic (exact) mass is 317 g/mol. The summed E-state index contributed by atoms with van der Waals surface area (Å²) >= 11 is 0. The summed E-state index contributed by atoms with van der Waals surface area (Å²) in [5.41, 5.74) is 0.0433. The number of halogens is 1. The molecule has 2 N–H and O–H groups in total. The van der Waals surface area contributed by atoms with Crippen molar-refractivity contribution in [1.82, 2.24) is 5.32 Å². The third-order valence-electron chi connectivity index (χ3n) is 4.15. The number of aliphatic carboxylic acids is 1. The van der Waals surface area contributed by atoms with Crippen LogP contribution >= 0.6 is 0 Å². The molecule has 1 aromatic carbocycles. The van der Waals surface area contributed by atoms with Crippen molar-refractivity contribution in [1.29, 1.82) is 0 Å². The molecule has 5 nitrogen and oxygen atoms in total. The van der Waals surface area contributed by atoms with Crippen LogP contribution in [0, 0.1) is 5.82 Å². The lowest BCUT2D eigenvalue weighted by Crippen LogP contribution is -2.38. The van der Waals surface area contributed by atoms with Crippen LogP contribution in [-0.2, 0) is 15.0 Å². The summed E-state index contributed by atoms with van der Waals surface area (Å²) in [4.78, 5) is 23.7. The van der Waals surface area contributed by atoms with Crippen LogP contribution in [0.1, 0.15) is 36.6 Å². The largest absolute Gasteiger partial charge is 0.481 e. The number of hydrogen-bond donors (Lipinski definition) is 2. The Balaban J connectivity index is 1.79. The number of carboxylic acid groups (broad SMARTS) is 1. The van der Waals surface area contributed by atoms with Crippen molar-refractivity contribution < 1.29 is 23.5 Å². The number of furan rings is 1. The molecule has 1 amide bonds. The number of carbonyl (C=O) groups is 2. The quantitative estimate of drug-likeness (QED) is 0.858. The number of benzene rings is 1. The summed E-state index contributed by atoms with van der Waals surface area (Å²) in [6, 6.07) is 8.39. The number of carbonyl (C=O) groups excluding carboxylic acids is 1. The topological polar surface area (TPSA) is 79.5 Å². The van der Waals surface area contributed by atoms with E-state index in [1.54, 1.807) is 24.3 Å². The van der Waals surface area contributed by atoms with E-state index in [0.29, 0.717) is 18.6 Å². The molecule has 1 saturated carbocycles. The first kappa shape index (κ1) is 15.3. The smallest absolute Gasteiger partial charge is 0.305 e. The van der Waals surface area contributed by atoms with Crippen molar-refractivity contribution in [2.24, 2.45) is 0 Å². The maximum Gasteiger partial charge on any atom is 0.305 e. The van der Waals surface area contributed by atoms with Gasteiger partial charge in [0.25, 0.3) is 0 Å². The van der Waals surface area contributed by atoms with E-state index in [2.05, 4.69) is 5.32 Å². The fraction of sp³-hybridized carbons (Fsp3) is 0.294. The lowest BCUT2D eigenvalue weighted by atomic mass is 9.94. The van der Waals surface area contributed by atoms with Gasteiger partial charge in [-0.3, -0.25) is 9.59 Å². The van der Waals surface area contributed by atoms with Crippen molar-refractivity contribution in [3.63, 3.8) is 0 Å². The molecule has 120 valence electrons. The zero-order valence-corrected chi connectivity index (χ0v) is 12.3. The Morgan fingerprint density at radius 1 is 1.26 bits per heavy atom. The minimum absolute atomic E-state index is 0.258. The Kier molecular flexibility index (Phi) is 3.90. The van der Waals surface area contributed by atoms with Gasteiger partial charge in [0.2, 0.25) is 5.91 Å². The molecule has 1 aliphatic carbocycles. The third kappa shape index (κ3) is 3.11. The molecule has 1 fully saturated rings. The number of rotatable bonds is 6. The van der Waals surface area contributed by atoms with Crippen LogP contribution in [0.15, 0.2) is 47.1 Å². The molecule has 2 aromatic rings. The SMILES string of the molecule is O=C(O)C[C@@H](NC(=O)C1(c2ccc(F)cc2)CC1)c1ccco1. The zero-order chi connectivity index (χ0) is 16.4. The number of nitrogens with one attached hydrogen (secondary N) is 1. The fourth-order valence-corrected chi connectivity index (χ4v) is 2.72. The number of amides is 1. The van der Waals surface area contributed by atoms with E-state index in [1.807, 2.05) is 0 Å². The standard InChI is InChI=1S/C17H16FNO4/c18-12-5-3-11(4-6-12)17(7-8-17)16(22)19-13(10-15(20)21)14-2-1-9-23-14/h1-6,9,13H,7-8,10H2,(H,19,22)(H,20,21)/t13-/m1/s1. The Morgan fingerprint density at radius 3 is 2.48 bits per heavy atom. The Hall–Kier alpha value is -2.63. The maximum absolute atomic E-state index is 13.1. The average molecular weight is 317 g/mol. The minimum atomic E-state index is -1.03. The first-order valence-electron chi connectivity index (χ1n) is 7.33. The molecule has 0 saturated heterocycles. The van der Waals surface area contributed by atoms with Gasteiger partial charge in [0.05, 0.1) is 24.1 Å². The van der Waals surface area contributed by atoms with Crippen LogP contribution in [0.3, 0.4) is 0 Å². The van der Waals surface area contributed by atoms with Crippen molar-refractivity contribution in [2.45, 2.75) is 30.7 Å². The van der Waals surface area contributed by atoms with Crippen LogP contribution in [0.4, 0.5) is 4.39 Å². The molecule has 0 spiro atoms. The summed E-state index contributed by atoms with van der Waals surface area (Å²) in [5, 5.41) is 11.8. The molecule has 0 bridgehead atoms. The van der Waals surface area contributed by atoms with Crippen LogP contribution in [-0.4, -0.2) is 17.0 Å². The molecule has 1 heterocycles. The highest BCUT2D eigenvalue weighted by atomic mass is 19.1. The fourth-order valence-electron chi connectivity index (χ4n) is 2.72. The van der Waals surface area contributed by atoms with E-state index in [1.165, 1.54) is 18.4 Å². The van der Waals surface area contributed by atoms with Gasteiger partial charge in [-0.25, -0.2) is 4.39 Å². The van der Waals surface area contributed by atoms with Crippen molar-refractivity contribution in [3.05, 3.63) is 59.8 Å². The Morgan fingerprint density at radius 2 is 1.96 bits per heavy atom. The first-order chi connectivity index (χ1) is 11.0. The van der Waals surface area contributed by atoms with Crippen molar-refractivity contribution >= 4 is 11.9 Å². The molecule has 0 radical (unpaired) electrons. The highest BCUT2D eigenvalue weighted by Gasteiger charge is 2.51. The van der Waals surface area contributed by atoms with Gasteiger partial charge in [-0.05, 0) is 42.7 Å². The van der Waals surface area contributed by atoms with Gasteiger partial charge in [-0.15, -0.1) is 0 Å². The second-order valence-corrected chi connectivity index (χ2v) is 5.73. The molecule has 1 atom stereocenters. The molecular formula is C17H16FNO4. The van der Waals surface area contributed by atoms with E-state index in [9.17, 15) is 14.0 Å². The molecule has 0 aliphatic heterocycles. The maximum atomic E-state index is 13.1. The number of carboxylic acids is 1. The van der Waals surface area contributed by atoms with E-state index in [0.717, 1.165) is 5.56 Å². The van der Waals surface area contributed by atoms with Gasteiger partial charge in [0.1, 0.15) is 11.6 Å². The predicted octanol–water partition coefficient (Wildman–Crippen LogP) is 2.78. The van der Waals surface area contributed by atoms with Gasteiger partial charge >= 0.3 is 5.97 Å². The van der Waals surface area contributed by atoms with Crippen molar-refractivity contribution in [3.8, 4) is 0 Å². The van der Waals surface area contributed by atoms with E-state index in [-0.39, 0.29) is 18.1 Å². The van der Waals surface area contributed by atoms with Gasteiger partial charge in [-0.1, -0.05) is 12.1 Å². The van der Waals surface area contributed by atoms with Crippen molar-refractivity contribution in [2.75, 3.05) is 0 Å². The third-order valence-corrected chi connectivity index (χ3v) is 4.15. The molecule has 1 aromatic heterocycles. The average Bonchev–Trinajstić information content (AvgIpc) is 3.14. The molecule has 0 unspecified atom stereocenters. The lowest BCUT2D eigenvalue weighted by molar-refractivity contribution is -0.138. The number of hydrogen-bond acceptors (Lipinski definition) is 3. The molecule has 6 heteroatoms. The minimum Gasteiger partial charge on any atom is -0.481 e. The second-order valence-electron chi connectivity index (χ2n) is 5.73. The summed E-state index contributed by atoms with van der Waals surface area (Å²) in [6.45, 7) is 0. The van der Waals surface area contributed by atoms with Crippen LogP contribution in [0.5, 0.6) is 0 Å². The first-order valence-corrected chi connectivity index (χ1v) is 7.33. The summed E-state index contributed by atoms with van der Waals surface area (Å²) in [7, 11) is 0. The van der Waals surface area contributed by atoms with Gasteiger partial charge in [-0.2, -0.15) is 0 Å². The van der Waals surface area contributed by atoms with E-state index >= 15 is 0 Å². The molecule has 1 aliphatic rings. The Labute approximate surface area is 132 Å². The van der Waals surface area contributed by atoms with Gasteiger partial charge in [0.15, 0.2) is 0 Å². The predicted molar refractivity (Wildman–Crippen MR) is 79.2 cm³/mol. The summed E-state index contributed by atoms with van der Waals surface area (Å²) < 4.78 is 18.3.